The molecule has 0 aromatic heterocycles. The molecule has 0 radical (unpaired) electrons. The maximum atomic E-state index is 6.29. The fraction of sp³-hybridized carbons (Fsp3) is 0.333. The summed E-state index contributed by atoms with van der Waals surface area (Å²) in [6, 6.07) is 19.3. The van der Waals surface area contributed by atoms with Gasteiger partial charge in [-0.25, -0.2) is 0 Å². The van der Waals surface area contributed by atoms with Crippen LogP contribution >= 0.6 is 0 Å². The summed E-state index contributed by atoms with van der Waals surface area (Å²) in [7, 11) is 0. The quantitative estimate of drug-likeness (QED) is 0.855. The molecule has 2 heteroatoms. The maximum absolute atomic E-state index is 6.29. The standard InChI is InChI=1S/C18H22N2/c19-18(15-7-4-8-15)16-9-11-17(12-10-16)20-13-14-5-2-1-3-6-14/h1-3,5-6,9-12,15,18,20H,4,7-8,13,19H2/t18-/m1/s1. The average molecular weight is 266 g/mol. The minimum atomic E-state index is 0.215. The molecular formula is C18H22N2. The van der Waals surface area contributed by atoms with Crippen LogP contribution in [0.1, 0.15) is 36.4 Å². The third-order valence-electron chi connectivity index (χ3n) is 4.29. The van der Waals surface area contributed by atoms with E-state index >= 15 is 0 Å². The summed E-state index contributed by atoms with van der Waals surface area (Å²) in [6.45, 7) is 0.856. The van der Waals surface area contributed by atoms with Crippen LogP contribution in [0.4, 0.5) is 5.69 Å². The summed E-state index contributed by atoms with van der Waals surface area (Å²) in [6.07, 6.45) is 3.92. The van der Waals surface area contributed by atoms with Gasteiger partial charge in [0, 0.05) is 18.3 Å². The van der Waals surface area contributed by atoms with Crippen LogP contribution in [-0.2, 0) is 6.54 Å². The first-order valence-corrected chi connectivity index (χ1v) is 7.46. The second-order valence-electron chi connectivity index (χ2n) is 5.68. The lowest BCUT2D eigenvalue weighted by Gasteiger charge is -2.31. The molecule has 0 heterocycles. The molecule has 1 aliphatic rings. The van der Waals surface area contributed by atoms with Crippen LogP contribution in [0.25, 0.3) is 0 Å². The Morgan fingerprint density at radius 1 is 1.00 bits per heavy atom. The van der Waals surface area contributed by atoms with E-state index in [0.29, 0.717) is 5.92 Å². The van der Waals surface area contributed by atoms with E-state index in [0.717, 1.165) is 12.2 Å². The van der Waals surface area contributed by atoms with Crippen LogP contribution in [-0.4, -0.2) is 0 Å². The molecule has 2 aromatic carbocycles. The molecule has 1 fully saturated rings. The SMILES string of the molecule is N[C@@H](c1ccc(NCc2ccccc2)cc1)C1CCC1. The van der Waals surface area contributed by atoms with Crippen LogP contribution in [0.5, 0.6) is 0 Å². The minimum Gasteiger partial charge on any atom is -0.381 e. The summed E-state index contributed by atoms with van der Waals surface area (Å²) in [4.78, 5) is 0. The highest BCUT2D eigenvalue weighted by atomic mass is 14.9. The summed E-state index contributed by atoms with van der Waals surface area (Å²) in [5.74, 6) is 0.693. The van der Waals surface area contributed by atoms with Gasteiger partial charge in [-0.2, -0.15) is 0 Å². The van der Waals surface area contributed by atoms with Crippen molar-refractivity contribution in [3.63, 3.8) is 0 Å². The van der Waals surface area contributed by atoms with Gasteiger partial charge in [0.15, 0.2) is 0 Å². The maximum Gasteiger partial charge on any atom is 0.0400 e. The zero-order valence-corrected chi connectivity index (χ0v) is 11.8. The predicted octanol–water partition coefficient (Wildman–Crippen LogP) is 4.10. The number of hydrogen-bond acceptors (Lipinski definition) is 2. The Bertz CT molecular complexity index is 529. The largest absolute Gasteiger partial charge is 0.381 e. The van der Waals surface area contributed by atoms with E-state index in [1.807, 2.05) is 6.07 Å². The Labute approximate surface area is 121 Å². The van der Waals surface area contributed by atoms with Crippen LogP contribution in [0.3, 0.4) is 0 Å². The number of rotatable bonds is 5. The second kappa shape index (κ2) is 6.10. The Kier molecular flexibility index (Phi) is 4.03. The molecule has 0 saturated heterocycles. The van der Waals surface area contributed by atoms with E-state index in [2.05, 4.69) is 53.8 Å². The van der Waals surface area contributed by atoms with Crippen molar-refractivity contribution in [2.45, 2.75) is 31.8 Å². The fourth-order valence-corrected chi connectivity index (χ4v) is 2.69. The number of nitrogens with two attached hydrogens (primary N) is 1. The molecule has 2 aromatic rings. The van der Waals surface area contributed by atoms with Crippen molar-refractivity contribution in [1.29, 1.82) is 0 Å². The first kappa shape index (κ1) is 13.2. The zero-order chi connectivity index (χ0) is 13.8. The zero-order valence-electron chi connectivity index (χ0n) is 11.8. The van der Waals surface area contributed by atoms with Crippen LogP contribution < -0.4 is 11.1 Å². The molecule has 0 aliphatic heterocycles. The van der Waals surface area contributed by atoms with Crippen molar-refractivity contribution in [2.75, 3.05) is 5.32 Å². The molecule has 1 atom stereocenters. The van der Waals surface area contributed by atoms with Gasteiger partial charge in [0.2, 0.25) is 0 Å². The van der Waals surface area contributed by atoms with Gasteiger partial charge in [0.25, 0.3) is 0 Å². The number of benzene rings is 2. The highest BCUT2D eigenvalue weighted by Gasteiger charge is 2.25. The van der Waals surface area contributed by atoms with Crippen LogP contribution in [0.15, 0.2) is 54.6 Å². The van der Waals surface area contributed by atoms with Crippen LogP contribution in [0, 0.1) is 5.92 Å². The van der Waals surface area contributed by atoms with Gasteiger partial charge >= 0.3 is 0 Å². The smallest absolute Gasteiger partial charge is 0.0400 e. The molecule has 1 aliphatic carbocycles. The van der Waals surface area contributed by atoms with E-state index in [1.165, 1.54) is 30.4 Å². The van der Waals surface area contributed by atoms with Gasteiger partial charge in [0.1, 0.15) is 0 Å². The third-order valence-corrected chi connectivity index (χ3v) is 4.29. The van der Waals surface area contributed by atoms with E-state index in [4.69, 9.17) is 5.73 Å². The molecule has 0 spiro atoms. The number of nitrogens with one attached hydrogen (secondary N) is 1. The van der Waals surface area contributed by atoms with E-state index in [9.17, 15) is 0 Å². The molecule has 1 saturated carbocycles. The van der Waals surface area contributed by atoms with Crippen molar-refractivity contribution in [3.05, 3.63) is 65.7 Å². The summed E-state index contributed by atoms with van der Waals surface area (Å²) in [5, 5.41) is 3.44. The molecule has 104 valence electrons. The number of anilines is 1. The highest BCUT2D eigenvalue weighted by Crippen LogP contribution is 2.36. The monoisotopic (exact) mass is 266 g/mol. The van der Waals surface area contributed by atoms with Gasteiger partial charge < -0.3 is 11.1 Å². The van der Waals surface area contributed by atoms with E-state index in [-0.39, 0.29) is 6.04 Å². The Hall–Kier alpha value is -1.80. The van der Waals surface area contributed by atoms with Crippen molar-refractivity contribution >= 4 is 5.69 Å². The molecule has 3 N–H and O–H groups in total. The molecule has 0 unspecified atom stereocenters. The first-order chi connectivity index (χ1) is 9.83. The highest BCUT2D eigenvalue weighted by molar-refractivity contribution is 5.45. The first-order valence-electron chi connectivity index (χ1n) is 7.46. The molecule has 2 nitrogen and oxygen atoms in total. The summed E-state index contributed by atoms with van der Waals surface area (Å²) >= 11 is 0. The number of hydrogen-bond donors (Lipinski definition) is 2. The van der Waals surface area contributed by atoms with Gasteiger partial charge in [-0.15, -0.1) is 0 Å². The van der Waals surface area contributed by atoms with Gasteiger partial charge in [-0.3, -0.25) is 0 Å². The van der Waals surface area contributed by atoms with E-state index < -0.39 is 0 Å². The third kappa shape index (κ3) is 3.02. The summed E-state index contributed by atoms with van der Waals surface area (Å²) < 4.78 is 0. The topological polar surface area (TPSA) is 38.0 Å². The lowest BCUT2D eigenvalue weighted by molar-refractivity contribution is 0.264. The van der Waals surface area contributed by atoms with Crippen molar-refractivity contribution in [3.8, 4) is 0 Å². The normalized spacial score (nSPS) is 16.4. The Morgan fingerprint density at radius 3 is 2.30 bits per heavy atom. The molecule has 0 bridgehead atoms. The average Bonchev–Trinajstić information content (AvgIpc) is 2.45. The van der Waals surface area contributed by atoms with Crippen molar-refractivity contribution in [1.82, 2.24) is 0 Å². The minimum absolute atomic E-state index is 0.215. The second-order valence-corrected chi connectivity index (χ2v) is 5.68. The Balaban J connectivity index is 1.58. The van der Waals surface area contributed by atoms with Crippen LogP contribution in [0.2, 0.25) is 0 Å². The van der Waals surface area contributed by atoms with Gasteiger partial charge in [0.05, 0.1) is 0 Å². The molecule has 0 amide bonds. The molecule has 20 heavy (non-hydrogen) atoms. The fourth-order valence-electron chi connectivity index (χ4n) is 2.69. The lowest BCUT2D eigenvalue weighted by Crippen LogP contribution is -2.26. The molecular weight excluding hydrogens is 244 g/mol. The van der Waals surface area contributed by atoms with E-state index in [1.54, 1.807) is 0 Å². The summed E-state index contributed by atoms with van der Waals surface area (Å²) in [5.41, 5.74) is 10.0. The van der Waals surface area contributed by atoms with Gasteiger partial charge in [-0.1, -0.05) is 48.9 Å². The Morgan fingerprint density at radius 2 is 1.70 bits per heavy atom. The van der Waals surface area contributed by atoms with Crippen molar-refractivity contribution < 1.29 is 0 Å². The van der Waals surface area contributed by atoms with Crippen molar-refractivity contribution in [2.24, 2.45) is 11.7 Å². The molecule has 3 rings (SSSR count). The van der Waals surface area contributed by atoms with Gasteiger partial charge in [-0.05, 0) is 42.0 Å². The lowest BCUT2D eigenvalue weighted by atomic mass is 9.77. The predicted molar refractivity (Wildman–Crippen MR) is 84.5 cm³/mol.